The van der Waals surface area contributed by atoms with Crippen LogP contribution >= 0.6 is 11.8 Å². The number of primary amides is 1. The van der Waals surface area contributed by atoms with Crippen LogP contribution in [0.5, 0.6) is 5.75 Å². The SMILES string of the molecule is C[C@@H](Sc1nnc(CCC(N)=O)n1C)C(=O)Nc1ccc(OC(F)(F)F)cc1. The molecule has 0 aliphatic heterocycles. The number of ether oxygens (including phenoxy) is 1. The number of carbonyl (C=O) groups excluding carboxylic acids is 2. The van der Waals surface area contributed by atoms with E-state index >= 15 is 0 Å². The Balaban J connectivity index is 1.93. The van der Waals surface area contributed by atoms with E-state index in [1.54, 1.807) is 18.5 Å². The fourth-order valence-corrected chi connectivity index (χ4v) is 2.93. The summed E-state index contributed by atoms with van der Waals surface area (Å²) in [5.41, 5.74) is 5.44. The van der Waals surface area contributed by atoms with Crippen molar-refractivity contribution in [1.82, 2.24) is 14.8 Å². The van der Waals surface area contributed by atoms with E-state index in [9.17, 15) is 22.8 Å². The quantitative estimate of drug-likeness (QED) is 0.637. The van der Waals surface area contributed by atoms with Crippen molar-refractivity contribution in [1.29, 1.82) is 0 Å². The van der Waals surface area contributed by atoms with E-state index in [0.717, 1.165) is 23.9 Å². The Morgan fingerprint density at radius 1 is 1.29 bits per heavy atom. The molecule has 0 saturated heterocycles. The van der Waals surface area contributed by atoms with Crippen LogP contribution in [0.15, 0.2) is 29.4 Å². The number of carbonyl (C=O) groups is 2. The fraction of sp³-hybridized carbons (Fsp3) is 0.375. The number of aryl methyl sites for hydroxylation is 1. The van der Waals surface area contributed by atoms with Crippen LogP contribution in [0.3, 0.4) is 0 Å². The number of thioether (sulfide) groups is 1. The van der Waals surface area contributed by atoms with E-state index < -0.39 is 17.5 Å². The van der Waals surface area contributed by atoms with Gasteiger partial charge in [0.2, 0.25) is 11.8 Å². The first-order valence-electron chi connectivity index (χ1n) is 8.05. The van der Waals surface area contributed by atoms with Gasteiger partial charge in [0.1, 0.15) is 11.6 Å². The third kappa shape index (κ3) is 6.44. The van der Waals surface area contributed by atoms with Crippen molar-refractivity contribution in [2.24, 2.45) is 12.8 Å². The van der Waals surface area contributed by atoms with Crippen LogP contribution in [-0.4, -0.2) is 38.2 Å². The van der Waals surface area contributed by atoms with E-state index in [2.05, 4.69) is 20.3 Å². The number of amides is 2. The van der Waals surface area contributed by atoms with Gasteiger partial charge in [0.25, 0.3) is 0 Å². The van der Waals surface area contributed by atoms with Crippen LogP contribution in [0.2, 0.25) is 0 Å². The average Bonchev–Trinajstić information content (AvgIpc) is 2.93. The van der Waals surface area contributed by atoms with Gasteiger partial charge in [0, 0.05) is 25.6 Å². The molecule has 0 aliphatic carbocycles. The second-order valence-corrected chi connectivity index (χ2v) is 7.05. The lowest BCUT2D eigenvalue weighted by Crippen LogP contribution is -2.23. The van der Waals surface area contributed by atoms with Crippen molar-refractivity contribution < 1.29 is 27.5 Å². The molecule has 0 saturated carbocycles. The molecule has 12 heteroatoms. The Morgan fingerprint density at radius 2 is 1.93 bits per heavy atom. The molecule has 1 heterocycles. The molecule has 0 fully saturated rings. The van der Waals surface area contributed by atoms with Gasteiger partial charge in [-0.15, -0.1) is 23.4 Å². The van der Waals surface area contributed by atoms with E-state index in [-0.39, 0.29) is 18.1 Å². The van der Waals surface area contributed by atoms with Crippen molar-refractivity contribution in [3.05, 3.63) is 30.1 Å². The summed E-state index contributed by atoms with van der Waals surface area (Å²) in [6.45, 7) is 1.65. The highest BCUT2D eigenvalue weighted by molar-refractivity contribution is 8.00. The zero-order valence-electron chi connectivity index (χ0n) is 15.0. The summed E-state index contributed by atoms with van der Waals surface area (Å²) < 4.78 is 41.9. The number of anilines is 1. The maximum atomic E-state index is 12.3. The van der Waals surface area contributed by atoms with Gasteiger partial charge >= 0.3 is 6.36 Å². The van der Waals surface area contributed by atoms with Gasteiger partial charge in [-0.2, -0.15) is 0 Å². The Hall–Kier alpha value is -2.76. The Morgan fingerprint density at radius 3 is 2.50 bits per heavy atom. The summed E-state index contributed by atoms with van der Waals surface area (Å²) in [5.74, 6) is -0.627. The maximum Gasteiger partial charge on any atom is 0.573 e. The van der Waals surface area contributed by atoms with Gasteiger partial charge in [0.05, 0.1) is 5.25 Å². The van der Waals surface area contributed by atoms with Crippen LogP contribution in [0.4, 0.5) is 18.9 Å². The summed E-state index contributed by atoms with van der Waals surface area (Å²) in [6, 6.07) is 4.82. The molecule has 1 aromatic heterocycles. The van der Waals surface area contributed by atoms with Gasteiger partial charge < -0.3 is 20.4 Å². The molecule has 152 valence electrons. The highest BCUT2D eigenvalue weighted by atomic mass is 32.2. The predicted molar refractivity (Wildman–Crippen MR) is 95.6 cm³/mol. The molecule has 2 amide bonds. The average molecular weight is 417 g/mol. The summed E-state index contributed by atoms with van der Waals surface area (Å²) >= 11 is 1.15. The van der Waals surface area contributed by atoms with Gasteiger partial charge in [-0.05, 0) is 31.2 Å². The first-order valence-corrected chi connectivity index (χ1v) is 8.93. The Bertz CT molecular complexity index is 839. The zero-order valence-corrected chi connectivity index (χ0v) is 15.8. The van der Waals surface area contributed by atoms with E-state index in [4.69, 9.17) is 5.73 Å². The number of hydrogen-bond donors (Lipinski definition) is 2. The number of aromatic nitrogens is 3. The van der Waals surface area contributed by atoms with E-state index in [0.29, 0.717) is 23.1 Å². The molecule has 0 aliphatic rings. The Kier molecular flexibility index (Phi) is 6.89. The molecule has 3 N–H and O–H groups in total. The van der Waals surface area contributed by atoms with Crippen molar-refractivity contribution >= 4 is 29.3 Å². The van der Waals surface area contributed by atoms with Crippen LogP contribution in [0.25, 0.3) is 0 Å². The predicted octanol–water partition coefficient (Wildman–Crippen LogP) is 2.25. The molecule has 2 aromatic rings. The number of alkyl halides is 3. The molecule has 0 spiro atoms. The van der Waals surface area contributed by atoms with Gasteiger partial charge in [-0.1, -0.05) is 11.8 Å². The molecule has 1 aromatic carbocycles. The minimum Gasteiger partial charge on any atom is -0.406 e. The van der Waals surface area contributed by atoms with Gasteiger partial charge in [0.15, 0.2) is 5.16 Å². The lowest BCUT2D eigenvalue weighted by Gasteiger charge is -2.13. The lowest BCUT2D eigenvalue weighted by atomic mass is 10.3. The maximum absolute atomic E-state index is 12.3. The molecular weight excluding hydrogens is 399 g/mol. The topological polar surface area (TPSA) is 112 Å². The number of nitrogens with one attached hydrogen (secondary N) is 1. The van der Waals surface area contributed by atoms with Crippen molar-refractivity contribution in [2.45, 2.75) is 36.5 Å². The fourth-order valence-electron chi connectivity index (χ4n) is 2.10. The number of rotatable bonds is 8. The number of nitrogens with zero attached hydrogens (tertiary/aromatic N) is 3. The minimum atomic E-state index is -4.78. The van der Waals surface area contributed by atoms with Crippen LogP contribution < -0.4 is 15.8 Å². The molecular formula is C16H18F3N5O3S. The number of nitrogens with two attached hydrogens (primary N) is 1. The van der Waals surface area contributed by atoms with E-state index in [1.807, 2.05) is 0 Å². The first-order chi connectivity index (χ1) is 13.0. The molecule has 0 unspecified atom stereocenters. The number of hydrogen-bond acceptors (Lipinski definition) is 6. The summed E-state index contributed by atoms with van der Waals surface area (Å²) in [5, 5.41) is 10.5. The molecule has 0 radical (unpaired) electrons. The third-order valence-corrected chi connectivity index (χ3v) is 4.66. The van der Waals surface area contributed by atoms with Crippen molar-refractivity contribution in [3.8, 4) is 5.75 Å². The van der Waals surface area contributed by atoms with Crippen molar-refractivity contribution in [3.63, 3.8) is 0 Å². The Labute approximate surface area is 162 Å². The molecule has 1 atom stereocenters. The summed E-state index contributed by atoms with van der Waals surface area (Å²) in [6.07, 6.45) is -4.30. The zero-order chi connectivity index (χ0) is 20.9. The van der Waals surface area contributed by atoms with E-state index in [1.165, 1.54) is 12.1 Å². The summed E-state index contributed by atoms with van der Waals surface area (Å²) in [4.78, 5) is 23.2. The summed E-state index contributed by atoms with van der Waals surface area (Å²) in [7, 11) is 1.71. The van der Waals surface area contributed by atoms with Crippen LogP contribution in [0.1, 0.15) is 19.2 Å². The van der Waals surface area contributed by atoms with Crippen LogP contribution in [0, 0.1) is 0 Å². The number of benzene rings is 1. The molecule has 2 rings (SSSR count). The second-order valence-electron chi connectivity index (χ2n) is 5.75. The highest BCUT2D eigenvalue weighted by Gasteiger charge is 2.31. The molecule has 8 nitrogen and oxygen atoms in total. The number of halogens is 3. The molecule has 28 heavy (non-hydrogen) atoms. The monoisotopic (exact) mass is 417 g/mol. The normalized spacial score (nSPS) is 12.5. The highest BCUT2D eigenvalue weighted by Crippen LogP contribution is 2.25. The standard InChI is InChI=1S/C16H18F3N5O3S/c1-9(28-15-23-22-13(24(15)2)8-7-12(20)25)14(26)21-10-3-5-11(6-4-10)27-16(17,18)19/h3-6,9H,7-8H2,1-2H3,(H2,20,25)(H,21,26)/t9-/m1/s1. The first kappa shape index (κ1) is 21.5. The largest absolute Gasteiger partial charge is 0.573 e. The van der Waals surface area contributed by atoms with Gasteiger partial charge in [-0.25, -0.2) is 0 Å². The smallest absolute Gasteiger partial charge is 0.406 e. The second kappa shape index (κ2) is 8.95. The third-order valence-electron chi connectivity index (χ3n) is 3.53. The van der Waals surface area contributed by atoms with Crippen molar-refractivity contribution in [2.75, 3.05) is 5.32 Å². The molecule has 0 bridgehead atoms. The van der Waals surface area contributed by atoms with Gasteiger partial charge in [-0.3, -0.25) is 9.59 Å². The lowest BCUT2D eigenvalue weighted by molar-refractivity contribution is -0.274. The minimum absolute atomic E-state index is 0.140. The van der Waals surface area contributed by atoms with Crippen LogP contribution in [-0.2, 0) is 23.1 Å².